The average Bonchev–Trinajstić information content (AvgIpc) is 2.40. The zero-order chi connectivity index (χ0) is 12.1. The maximum absolute atomic E-state index is 2.41. The molecule has 2 atom stereocenters. The van der Waals surface area contributed by atoms with Crippen LogP contribution in [0.2, 0.25) is 0 Å². The highest BCUT2D eigenvalue weighted by Gasteiger charge is 2.27. The Labute approximate surface area is 107 Å². The third kappa shape index (κ3) is 3.82. The third-order valence-electron chi connectivity index (χ3n) is 4.86. The van der Waals surface area contributed by atoms with Gasteiger partial charge in [-0.15, -0.1) is 0 Å². The summed E-state index contributed by atoms with van der Waals surface area (Å²) in [6, 6.07) is 0.870. The minimum absolute atomic E-state index is 0.870. The molecule has 0 radical (unpaired) electrons. The fraction of sp³-hybridized carbons (Fsp3) is 0.867. The molecular weight excluding hydrogens is 208 g/mol. The van der Waals surface area contributed by atoms with Gasteiger partial charge >= 0.3 is 0 Å². The average molecular weight is 238 g/mol. The van der Waals surface area contributed by atoms with Gasteiger partial charge in [0.2, 0.25) is 0 Å². The summed E-state index contributed by atoms with van der Waals surface area (Å²) in [7, 11) is 0. The van der Waals surface area contributed by atoms with Gasteiger partial charge in [-0.3, -0.25) is 0 Å². The molecule has 0 amide bonds. The molecule has 1 fully saturated rings. The fourth-order valence-electron chi connectivity index (χ4n) is 3.36. The summed E-state index contributed by atoms with van der Waals surface area (Å²) in [5.74, 6) is 0.972. The van der Waals surface area contributed by atoms with E-state index in [2.05, 4.69) is 26.0 Å². The number of nitrogens with one attached hydrogen (secondary N) is 2. The fourth-order valence-corrected chi connectivity index (χ4v) is 3.36. The van der Waals surface area contributed by atoms with Crippen LogP contribution in [0.3, 0.4) is 0 Å². The van der Waals surface area contributed by atoms with Crippen molar-refractivity contribution in [2.75, 3.05) is 32.7 Å². The van der Waals surface area contributed by atoms with Crippen molar-refractivity contribution in [1.29, 1.82) is 0 Å². The number of hydrogen-bond acceptors (Lipinski definition) is 0. The van der Waals surface area contributed by atoms with E-state index >= 15 is 0 Å². The Kier molecular flexibility index (Phi) is 5.05. The van der Waals surface area contributed by atoms with Crippen molar-refractivity contribution in [3.8, 4) is 0 Å². The molecule has 0 bridgehead atoms. The van der Waals surface area contributed by atoms with E-state index in [1.54, 1.807) is 0 Å². The summed E-state index contributed by atoms with van der Waals surface area (Å²) in [4.78, 5) is 3.72. The summed E-state index contributed by atoms with van der Waals surface area (Å²) in [6.07, 6.45) is 10.2. The number of hydrogen-bond donors (Lipinski definition) is 2. The van der Waals surface area contributed by atoms with Crippen LogP contribution in [-0.2, 0) is 0 Å². The Morgan fingerprint density at radius 2 is 1.94 bits per heavy atom. The first-order valence-electron chi connectivity index (χ1n) is 7.62. The second-order valence-electron chi connectivity index (χ2n) is 6.07. The van der Waals surface area contributed by atoms with Gasteiger partial charge in [0.15, 0.2) is 0 Å². The van der Waals surface area contributed by atoms with Crippen LogP contribution >= 0.6 is 0 Å². The van der Waals surface area contributed by atoms with Crippen LogP contribution in [0, 0.1) is 5.92 Å². The van der Waals surface area contributed by atoms with Crippen molar-refractivity contribution in [2.45, 2.75) is 45.6 Å². The number of piperazine rings is 1. The standard InChI is InChI=1S/C15H28N2/c1-3-14(2)17-11-9-16(10-12-17)13-15-7-5-4-6-8-15/h4-5,14-15H,3,6-13H2,1-2H3/p+2. The van der Waals surface area contributed by atoms with Crippen LogP contribution < -0.4 is 9.80 Å². The molecule has 2 aliphatic rings. The van der Waals surface area contributed by atoms with E-state index in [9.17, 15) is 0 Å². The lowest BCUT2D eigenvalue weighted by atomic mass is 9.94. The van der Waals surface area contributed by atoms with Gasteiger partial charge in [0, 0.05) is 5.92 Å². The molecule has 2 unspecified atom stereocenters. The monoisotopic (exact) mass is 238 g/mol. The molecule has 0 aromatic carbocycles. The number of quaternary nitrogens is 2. The van der Waals surface area contributed by atoms with E-state index in [-0.39, 0.29) is 0 Å². The summed E-state index contributed by atoms with van der Waals surface area (Å²) in [6.45, 7) is 11.8. The quantitative estimate of drug-likeness (QED) is 0.634. The second-order valence-corrected chi connectivity index (χ2v) is 6.07. The van der Waals surface area contributed by atoms with Gasteiger partial charge in [0.1, 0.15) is 26.2 Å². The van der Waals surface area contributed by atoms with E-state index in [1.165, 1.54) is 58.4 Å². The highest BCUT2D eigenvalue weighted by atomic mass is 15.3. The van der Waals surface area contributed by atoms with Gasteiger partial charge in [-0.05, 0) is 32.6 Å². The third-order valence-corrected chi connectivity index (χ3v) is 4.86. The van der Waals surface area contributed by atoms with Crippen molar-refractivity contribution in [3.63, 3.8) is 0 Å². The summed E-state index contributed by atoms with van der Waals surface area (Å²) in [5.41, 5.74) is 0. The minimum Gasteiger partial charge on any atom is -0.325 e. The number of rotatable bonds is 4. The van der Waals surface area contributed by atoms with Crippen molar-refractivity contribution in [3.05, 3.63) is 12.2 Å². The van der Waals surface area contributed by atoms with E-state index in [4.69, 9.17) is 0 Å². The molecule has 2 N–H and O–H groups in total. The molecule has 2 nitrogen and oxygen atoms in total. The predicted octanol–water partition coefficient (Wildman–Crippen LogP) is -0.0754. The van der Waals surface area contributed by atoms with E-state index < -0.39 is 0 Å². The Morgan fingerprint density at radius 3 is 2.53 bits per heavy atom. The Hall–Kier alpha value is -0.340. The van der Waals surface area contributed by atoms with E-state index in [0.29, 0.717) is 0 Å². The van der Waals surface area contributed by atoms with Crippen molar-refractivity contribution < 1.29 is 9.80 Å². The van der Waals surface area contributed by atoms with Gasteiger partial charge in [-0.1, -0.05) is 19.1 Å². The summed E-state index contributed by atoms with van der Waals surface area (Å²) in [5, 5.41) is 0. The van der Waals surface area contributed by atoms with Crippen LogP contribution in [0.4, 0.5) is 0 Å². The normalized spacial score (nSPS) is 35.8. The topological polar surface area (TPSA) is 8.88 Å². The SMILES string of the molecule is CCC(C)[NH+]1CC[NH+](CC2CC=CCC2)CC1. The lowest BCUT2D eigenvalue weighted by Gasteiger charge is -2.34. The van der Waals surface area contributed by atoms with Gasteiger partial charge in [-0.25, -0.2) is 0 Å². The van der Waals surface area contributed by atoms with Crippen molar-refractivity contribution in [2.24, 2.45) is 5.92 Å². The minimum atomic E-state index is 0.870. The van der Waals surface area contributed by atoms with Crippen molar-refractivity contribution in [1.82, 2.24) is 0 Å². The molecule has 1 aliphatic heterocycles. The Balaban J connectivity index is 1.70. The van der Waals surface area contributed by atoms with Crippen LogP contribution in [0.15, 0.2) is 12.2 Å². The largest absolute Gasteiger partial charge is 0.325 e. The number of allylic oxidation sites excluding steroid dienone is 2. The smallest absolute Gasteiger partial charge is 0.127 e. The molecule has 1 aliphatic carbocycles. The maximum atomic E-state index is 2.41. The molecule has 2 heteroatoms. The van der Waals surface area contributed by atoms with Crippen molar-refractivity contribution >= 4 is 0 Å². The summed E-state index contributed by atoms with van der Waals surface area (Å²) < 4.78 is 0. The lowest BCUT2D eigenvalue weighted by Crippen LogP contribution is -3.29. The predicted molar refractivity (Wildman–Crippen MR) is 72.5 cm³/mol. The lowest BCUT2D eigenvalue weighted by molar-refractivity contribution is -1.02. The van der Waals surface area contributed by atoms with Crippen LogP contribution in [-0.4, -0.2) is 38.8 Å². The molecule has 0 saturated carbocycles. The van der Waals surface area contributed by atoms with Crippen LogP contribution in [0.5, 0.6) is 0 Å². The van der Waals surface area contributed by atoms with Crippen LogP contribution in [0.25, 0.3) is 0 Å². The molecule has 98 valence electrons. The van der Waals surface area contributed by atoms with Gasteiger partial charge in [0.25, 0.3) is 0 Å². The molecule has 2 rings (SSSR count). The highest BCUT2D eigenvalue weighted by molar-refractivity contribution is 4.89. The second kappa shape index (κ2) is 6.55. The molecule has 0 aromatic rings. The van der Waals surface area contributed by atoms with Gasteiger partial charge < -0.3 is 9.80 Å². The Morgan fingerprint density at radius 1 is 1.18 bits per heavy atom. The molecular formula is C15H30N2+2. The summed E-state index contributed by atoms with van der Waals surface area (Å²) >= 11 is 0. The first-order valence-corrected chi connectivity index (χ1v) is 7.62. The van der Waals surface area contributed by atoms with Crippen LogP contribution in [0.1, 0.15) is 39.5 Å². The zero-order valence-electron chi connectivity index (χ0n) is 11.7. The maximum Gasteiger partial charge on any atom is 0.127 e. The first kappa shape index (κ1) is 13.1. The molecule has 17 heavy (non-hydrogen) atoms. The van der Waals surface area contributed by atoms with E-state index in [0.717, 1.165) is 12.0 Å². The zero-order valence-corrected chi connectivity index (χ0v) is 11.7. The molecule has 1 heterocycles. The van der Waals surface area contributed by atoms with E-state index in [1.807, 2.05) is 9.80 Å². The molecule has 1 saturated heterocycles. The molecule has 0 spiro atoms. The first-order chi connectivity index (χ1) is 8.29. The van der Waals surface area contributed by atoms with Gasteiger partial charge in [0.05, 0.1) is 12.6 Å². The highest BCUT2D eigenvalue weighted by Crippen LogP contribution is 2.15. The molecule has 0 aromatic heterocycles. The Bertz CT molecular complexity index is 241. The van der Waals surface area contributed by atoms with Gasteiger partial charge in [-0.2, -0.15) is 0 Å².